The Labute approximate surface area is 196 Å². The summed E-state index contributed by atoms with van der Waals surface area (Å²) in [6.07, 6.45) is 2.16. The third kappa shape index (κ3) is 5.61. The molecular formula is C24H24N4O4S. The summed E-state index contributed by atoms with van der Waals surface area (Å²) >= 11 is 1.03. The first kappa shape index (κ1) is 22.6. The zero-order valence-electron chi connectivity index (χ0n) is 18.4. The van der Waals surface area contributed by atoms with Crippen LogP contribution in [0.2, 0.25) is 0 Å². The van der Waals surface area contributed by atoms with Gasteiger partial charge in [-0.2, -0.15) is 0 Å². The van der Waals surface area contributed by atoms with E-state index in [1.165, 1.54) is 0 Å². The van der Waals surface area contributed by atoms with Crippen LogP contribution in [-0.2, 0) is 23.1 Å². The molecule has 1 saturated heterocycles. The van der Waals surface area contributed by atoms with E-state index in [0.717, 1.165) is 40.1 Å². The van der Waals surface area contributed by atoms with E-state index in [1.807, 2.05) is 73.1 Å². The van der Waals surface area contributed by atoms with Crippen molar-refractivity contribution in [2.45, 2.75) is 18.6 Å². The lowest BCUT2D eigenvalue weighted by Gasteiger charge is -2.08. The summed E-state index contributed by atoms with van der Waals surface area (Å²) in [7, 11) is 1.95. The van der Waals surface area contributed by atoms with Crippen molar-refractivity contribution >= 4 is 29.1 Å². The molecule has 1 unspecified atom stereocenters. The minimum absolute atomic E-state index is 0.236. The summed E-state index contributed by atoms with van der Waals surface area (Å²) in [5.74, 6) is 1.33. The van der Waals surface area contributed by atoms with Crippen molar-refractivity contribution in [3.05, 3.63) is 71.5 Å². The number of thioether (sulfide) groups is 1. The van der Waals surface area contributed by atoms with Gasteiger partial charge in [0, 0.05) is 12.6 Å². The van der Waals surface area contributed by atoms with E-state index in [2.05, 4.69) is 15.5 Å². The number of rotatable bonds is 9. The maximum absolute atomic E-state index is 11.7. The number of hydrogen-bond donors (Lipinski definition) is 1. The van der Waals surface area contributed by atoms with Crippen LogP contribution in [-0.4, -0.2) is 45.4 Å². The van der Waals surface area contributed by atoms with E-state index < -0.39 is 0 Å². The number of carbonyl (C=O) groups excluding carboxylic acids is 2. The monoisotopic (exact) mass is 464 g/mol. The number of oxime groups is 1. The number of aryl methyl sites for hydroxylation is 1. The summed E-state index contributed by atoms with van der Waals surface area (Å²) in [6, 6.07) is 17.4. The number of hydrogen-bond acceptors (Lipinski definition) is 7. The number of nitrogens with zero attached hydrogens (tertiary/aromatic N) is 3. The average molecular weight is 465 g/mol. The molecule has 1 aliphatic rings. The number of amides is 2. The third-order valence-electron chi connectivity index (χ3n) is 5.16. The number of ether oxygens (including phenoxy) is 1. The zero-order chi connectivity index (χ0) is 23.2. The van der Waals surface area contributed by atoms with Gasteiger partial charge in [0.2, 0.25) is 5.91 Å². The molecule has 0 saturated carbocycles. The normalized spacial score (nSPS) is 15.8. The van der Waals surface area contributed by atoms with Crippen molar-refractivity contribution in [1.29, 1.82) is 0 Å². The maximum Gasteiger partial charge on any atom is 0.286 e. The van der Waals surface area contributed by atoms with E-state index >= 15 is 0 Å². The van der Waals surface area contributed by atoms with Crippen molar-refractivity contribution in [3.8, 4) is 17.1 Å². The fraction of sp³-hybridized carbons (Fsp3) is 0.250. The Hall–Kier alpha value is -3.59. The maximum atomic E-state index is 11.7. The predicted octanol–water partition coefficient (Wildman–Crippen LogP) is 3.72. The third-order valence-corrected chi connectivity index (χ3v) is 6.14. The second kappa shape index (κ2) is 10.4. The molecule has 1 atom stereocenters. The van der Waals surface area contributed by atoms with Gasteiger partial charge in [0.05, 0.1) is 22.9 Å². The molecule has 2 amide bonds. The lowest BCUT2D eigenvalue weighted by molar-refractivity contribution is -0.118. The number of imidazole rings is 1. The molecule has 1 aliphatic heterocycles. The van der Waals surface area contributed by atoms with Crippen LogP contribution in [0.1, 0.15) is 17.0 Å². The Morgan fingerprint density at radius 1 is 1.12 bits per heavy atom. The SMILES string of the molecule is Cc1nc(-c2ccccc2)n(C)c1C=NOCCOc1ccc(CC2SC(=O)NC2=O)cc1. The topological polar surface area (TPSA) is 94.8 Å². The van der Waals surface area contributed by atoms with E-state index in [0.29, 0.717) is 25.4 Å². The lowest BCUT2D eigenvalue weighted by atomic mass is 10.1. The fourth-order valence-corrected chi connectivity index (χ4v) is 4.33. The van der Waals surface area contributed by atoms with Gasteiger partial charge < -0.3 is 14.1 Å². The quantitative estimate of drug-likeness (QED) is 0.295. The molecule has 0 radical (unpaired) electrons. The highest BCUT2D eigenvalue weighted by Crippen LogP contribution is 2.24. The lowest BCUT2D eigenvalue weighted by Crippen LogP contribution is -2.25. The largest absolute Gasteiger partial charge is 0.490 e. The van der Waals surface area contributed by atoms with Crippen LogP contribution in [0.25, 0.3) is 11.4 Å². The van der Waals surface area contributed by atoms with Gasteiger partial charge in [0.15, 0.2) is 6.61 Å². The van der Waals surface area contributed by atoms with Gasteiger partial charge in [-0.25, -0.2) is 4.98 Å². The minimum atomic E-state index is -0.373. The first-order chi connectivity index (χ1) is 16.0. The highest BCUT2D eigenvalue weighted by molar-refractivity contribution is 8.15. The van der Waals surface area contributed by atoms with Crippen molar-refractivity contribution in [2.75, 3.05) is 13.2 Å². The van der Waals surface area contributed by atoms with Crippen LogP contribution in [0.5, 0.6) is 5.75 Å². The molecule has 9 heteroatoms. The first-order valence-corrected chi connectivity index (χ1v) is 11.4. The molecule has 1 aromatic heterocycles. The number of nitrogens with one attached hydrogen (secondary N) is 1. The van der Waals surface area contributed by atoms with Crippen LogP contribution in [0.4, 0.5) is 4.79 Å². The van der Waals surface area contributed by atoms with Crippen molar-refractivity contribution < 1.29 is 19.2 Å². The van der Waals surface area contributed by atoms with E-state index in [4.69, 9.17) is 9.57 Å². The molecule has 0 spiro atoms. The molecule has 0 aliphatic carbocycles. The van der Waals surface area contributed by atoms with Gasteiger partial charge >= 0.3 is 0 Å². The molecule has 3 aromatic rings. The van der Waals surface area contributed by atoms with Crippen molar-refractivity contribution in [1.82, 2.24) is 14.9 Å². The summed E-state index contributed by atoms with van der Waals surface area (Å²) in [5, 5.41) is 5.69. The Morgan fingerprint density at radius 3 is 2.58 bits per heavy atom. The van der Waals surface area contributed by atoms with Crippen LogP contribution in [0.3, 0.4) is 0 Å². The Bertz CT molecular complexity index is 1160. The summed E-state index contributed by atoms with van der Waals surface area (Å²) < 4.78 is 7.66. The van der Waals surface area contributed by atoms with E-state index in [9.17, 15) is 9.59 Å². The van der Waals surface area contributed by atoms with Gasteiger partial charge in [-0.3, -0.25) is 14.9 Å². The number of carbonyl (C=O) groups is 2. The summed E-state index contributed by atoms with van der Waals surface area (Å²) in [6.45, 7) is 2.57. The first-order valence-electron chi connectivity index (χ1n) is 10.5. The van der Waals surface area contributed by atoms with Crippen LogP contribution < -0.4 is 10.1 Å². The molecule has 2 aromatic carbocycles. The standard InChI is InChI=1S/C24H24N4O4S/c1-16-20(28(2)22(26-16)18-6-4-3-5-7-18)15-25-32-13-12-31-19-10-8-17(9-11-19)14-21-23(29)27-24(30)33-21/h3-11,15,21H,12-14H2,1-2H3,(H,27,29,30). The van der Waals surface area contributed by atoms with Crippen molar-refractivity contribution in [3.63, 3.8) is 0 Å². The molecular weight excluding hydrogens is 440 g/mol. The molecule has 2 heterocycles. The molecule has 170 valence electrons. The van der Waals surface area contributed by atoms with E-state index in [1.54, 1.807) is 6.21 Å². The smallest absolute Gasteiger partial charge is 0.286 e. The second-order valence-electron chi connectivity index (χ2n) is 7.48. The second-order valence-corrected chi connectivity index (χ2v) is 8.65. The highest BCUT2D eigenvalue weighted by atomic mass is 32.2. The van der Waals surface area contributed by atoms with Crippen molar-refractivity contribution in [2.24, 2.45) is 12.2 Å². The predicted molar refractivity (Wildman–Crippen MR) is 127 cm³/mol. The highest BCUT2D eigenvalue weighted by Gasteiger charge is 2.31. The van der Waals surface area contributed by atoms with Gasteiger partial charge in [-0.15, -0.1) is 0 Å². The molecule has 33 heavy (non-hydrogen) atoms. The van der Waals surface area contributed by atoms with Crippen LogP contribution in [0, 0.1) is 6.92 Å². The van der Waals surface area contributed by atoms with Gasteiger partial charge in [0.1, 0.15) is 18.2 Å². The van der Waals surface area contributed by atoms with Gasteiger partial charge in [-0.05, 0) is 31.0 Å². The molecule has 0 bridgehead atoms. The minimum Gasteiger partial charge on any atom is -0.490 e. The summed E-state index contributed by atoms with van der Waals surface area (Å²) in [5.41, 5.74) is 3.76. The average Bonchev–Trinajstić information content (AvgIpc) is 3.29. The van der Waals surface area contributed by atoms with E-state index in [-0.39, 0.29) is 16.4 Å². The fourth-order valence-electron chi connectivity index (χ4n) is 3.47. The molecule has 1 fully saturated rings. The molecule has 8 nitrogen and oxygen atoms in total. The van der Waals surface area contributed by atoms with Gasteiger partial charge in [-0.1, -0.05) is 59.4 Å². The number of imide groups is 1. The van der Waals surface area contributed by atoms with Crippen LogP contribution in [0.15, 0.2) is 59.8 Å². The number of aromatic nitrogens is 2. The number of benzene rings is 2. The Morgan fingerprint density at radius 2 is 1.88 bits per heavy atom. The Kier molecular flexibility index (Phi) is 7.09. The summed E-state index contributed by atoms with van der Waals surface area (Å²) in [4.78, 5) is 32.9. The molecule has 4 rings (SSSR count). The van der Waals surface area contributed by atoms with Crippen LogP contribution >= 0.6 is 11.8 Å². The Balaban J connectivity index is 1.23. The molecule has 1 N–H and O–H groups in total. The zero-order valence-corrected chi connectivity index (χ0v) is 19.2. The van der Waals surface area contributed by atoms with Gasteiger partial charge in [0.25, 0.3) is 5.24 Å².